The van der Waals surface area contributed by atoms with Gasteiger partial charge in [-0.2, -0.15) is 0 Å². The Kier molecular flexibility index (Phi) is 6.03. The molecule has 3 nitrogen and oxygen atoms in total. The summed E-state index contributed by atoms with van der Waals surface area (Å²) in [5.74, 6) is 0.891. The van der Waals surface area contributed by atoms with Gasteiger partial charge in [0.15, 0.2) is 0 Å². The average Bonchev–Trinajstić information content (AvgIpc) is 2.33. The van der Waals surface area contributed by atoms with Crippen molar-refractivity contribution in [2.24, 2.45) is 0 Å². The summed E-state index contributed by atoms with van der Waals surface area (Å²) >= 11 is 0. The highest BCUT2D eigenvalue weighted by molar-refractivity contribution is 5.38. The summed E-state index contributed by atoms with van der Waals surface area (Å²) < 4.78 is 5.84. The third kappa shape index (κ3) is 5.14. The predicted octanol–water partition coefficient (Wildman–Crippen LogP) is 3.03. The number of nitrogens with one attached hydrogen (secondary N) is 1. The molecule has 2 N–H and O–H groups in total. The standard InChI is InChI=1S/C17H29NO2/c1-12(2)18-15(10-19)11-20-16-8-7-14(9-13(16)3)17(4,5)6/h7-9,12,15,18-19H,10-11H2,1-6H3. The SMILES string of the molecule is Cc1cc(C(C)(C)C)ccc1OCC(CO)NC(C)C. The monoisotopic (exact) mass is 279 g/mol. The fraction of sp³-hybridized carbons (Fsp3) is 0.647. The first-order chi connectivity index (χ1) is 9.24. The maximum atomic E-state index is 9.33. The molecule has 20 heavy (non-hydrogen) atoms. The van der Waals surface area contributed by atoms with Gasteiger partial charge in [-0.05, 0) is 29.5 Å². The highest BCUT2D eigenvalue weighted by Crippen LogP contribution is 2.27. The minimum atomic E-state index is -0.0308. The predicted molar refractivity (Wildman–Crippen MR) is 84.5 cm³/mol. The van der Waals surface area contributed by atoms with E-state index in [1.54, 1.807) is 0 Å². The second kappa shape index (κ2) is 7.09. The van der Waals surface area contributed by atoms with Gasteiger partial charge in [0.25, 0.3) is 0 Å². The molecule has 0 fully saturated rings. The molecule has 0 aliphatic heterocycles. The zero-order chi connectivity index (χ0) is 15.3. The molecule has 0 aliphatic carbocycles. The molecule has 0 aromatic heterocycles. The van der Waals surface area contributed by atoms with E-state index in [9.17, 15) is 5.11 Å². The van der Waals surface area contributed by atoms with E-state index in [1.165, 1.54) is 5.56 Å². The van der Waals surface area contributed by atoms with Gasteiger partial charge in [0, 0.05) is 6.04 Å². The molecule has 0 aliphatic rings. The van der Waals surface area contributed by atoms with Crippen molar-refractivity contribution < 1.29 is 9.84 Å². The lowest BCUT2D eigenvalue weighted by Gasteiger charge is -2.22. The van der Waals surface area contributed by atoms with E-state index in [0.717, 1.165) is 11.3 Å². The molecule has 0 bridgehead atoms. The van der Waals surface area contributed by atoms with Crippen LogP contribution in [-0.4, -0.2) is 30.4 Å². The smallest absolute Gasteiger partial charge is 0.122 e. The molecule has 0 spiro atoms. The summed E-state index contributed by atoms with van der Waals surface area (Å²) in [7, 11) is 0. The molecule has 0 heterocycles. The molecule has 1 atom stereocenters. The average molecular weight is 279 g/mol. The minimum Gasteiger partial charge on any atom is -0.492 e. The Bertz CT molecular complexity index is 421. The largest absolute Gasteiger partial charge is 0.492 e. The van der Waals surface area contributed by atoms with Crippen LogP contribution in [0.1, 0.15) is 45.7 Å². The van der Waals surface area contributed by atoms with E-state index in [2.05, 4.69) is 59.0 Å². The Morgan fingerprint density at radius 3 is 2.35 bits per heavy atom. The lowest BCUT2D eigenvalue weighted by molar-refractivity contribution is 0.176. The summed E-state index contributed by atoms with van der Waals surface area (Å²) in [6.07, 6.45) is 0. The van der Waals surface area contributed by atoms with Crippen LogP contribution in [0, 0.1) is 6.92 Å². The first kappa shape index (κ1) is 17.0. The van der Waals surface area contributed by atoms with Crippen molar-refractivity contribution in [3.63, 3.8) is 0 Å². The molecule has 1 unspecified atom stereocenters. The lowest BCUT2D eigenvalue weighted by Crippen LogP contribution is -2.41. The van der Waals surface area contributed by atoms with Gasteiger partial charge in [0.2, 0.25) is 0 Å². The number of aryl methyl sites for hydroxylation is 1. The van der Waals surface area contributed by atoms with Gasteiger partial charge < -0.3 is 15.2 Å². The summed E-state index contributed by atoms with van der Waals surface area (Å²) in [5, 5.41) is 12.6. The van der Waals surface area contributed by atoms with E-state index in [1.807, 2.05) is 6.07 Å². The highest BCUT2D eigenvalue weighted by atomic mass is 16.5. The Labute approximate surface area is 123 Å². The van der Waals surface area contributed by atoms with Crippen LogP contribution in [0.2, 0.25) is 0 Å². The zero-order valence-corrected chi connectivity index (χ0v) is 13.7. The van der Waals surface area contributed by atoms with Gasteiger partial charge in [-0.15, -0.1) is 0 Å². The van der Waals surface area contributed by atoms with Gasteiger partial charge >= 0.3 is 0 Å². The molecule has 1 rings (SSSR count). The Morgan fingerprint density at radius 1 is 1.25 bits per heavy atom. The van der Waals surface area contributed by atoms with Gasteiger partial charge in [-0.3, -0.25) is 0 Å². The van der Waals surface area contributed by atoms with Crippen molar-refractivity contribution in [3.05, 3.63) is 29.3 Å². The van der Waals surface area contributed by atoms with E-state index in [4.69, 9.17) is 4.74 Å². The molecule has 0 amide bonds. The maximum absolute atomic E-state index is 9.33. The van der Waals surface area contributed by atoms with Crippen molar-refractivity contribution >= 4 is 0 Å². The van der Waals surface area contributed by atoms with E-state index in [0.29, 0.717) is 12.6 Å². The van der Waals surface area contributed by atoms with Crippen molar-refractivity contribution in [2.75, 3.05) is 13.2 Å². The molecule has 0 saturated carbocycles. The van der Waals surface area contributed by atoms with Crippen LogP contribution in [-0.2, 0) is 5.41 Å². The van der Waals surface area contributed by atoms with Crippen LogP contribution in [0.4, 0.5) is 0 Å². The molecule has 1 aromatic rings. The first-order valence-electron chi connectivity index (χ1n) is 7.35. The molecule has 0 saturated heterocycles. The van der Waals surface area contributed by atoms with Crippen LogP contribution in [0.3, 0.4) is 0 Å². The van der Waals surface area contributed by atoms with Gasteiger partial charge in [0.1, 0.15) is 12.4 Å². The van der Waals surface area contributed by atoms with E-state index >= 15 is 0 Å². The van der Waals surface area contributed by atoms with Crippen LogP contribution in [0.15, 0.2) is 18.2 Å². The molecular weight excluding hydrogens is 250 g/mol. The van der Waals surface area contributed by atoms with Crippen LogP contribution in [0.25, 0.3) is 0 Å². The van der Waals surface area contributed by atoms with Gasteiger partial charge in [0.05, 0.1) is 12.6 Å². The van der Waals surface area contributed by atoms with Crippen molar-refractivity contribution in [1.82, 2.24) is 5.32 Å². The number of rotatable bonds is 6. The van der Waals surface area contributed by atoms with E-state index < -0.39 is 0 Å². The van der Waals surface area contributed by atoms with Crippen molar-refractivity contribution in [1.29, 1.82) is 0 Å². The molecule has 3 heteroatoms. The van der Waals surface area contributed by atoms with Gasteiger partial charge in [-0.1, -0.05) is 46.8 Å². The van der Waals surface area contributed by atoms with E-state index in [-0.39, 0.29) is 18.1 Å². The number of hydrogen-bond acceptors (Lipinski definition) is 3. The first-order valence-corrected chi connectivity index (χ1v) is 7.35. The number of aliphatic hydroxyl groups excluding tert-OH is 1. The third-order valence-electron chi connectivity index (χ3n) is 3.27. The second-order valence-corrected chi connectivity index (χ2v) is 6.74. The highest BCUT2D eigenvalue weighted by Gasteiger charge is 2.15. The third-order valence-corrected chi connectivity index (χ3v) is 3.27. The fourth-order valence-electron chi connectivity index (χ4n) is 2.09. The molecule has 1 aromatic carbocycles. The van der Waals surface area contributed by atoms with Crippen LogP contribution >= 0.6 is 0 Å². The van der Waals surface area contributed by atoms with Gasteiger partial charge in [-0.25, -0.2) is 0 Å². The molecular formula is C17H29NO2. The number of aliphatic hydroxyl groups is 1. The quantitative estimate of drug-likeness (QED) is 0.841. The number of hydrogen-bond donors (Lipinski definition) is 2. The van der Waals surface area contributed by atoms with Crippen LogP contribution < -0.4 is 10.1 Å². The Hall–Kier alpha value is -1.06. The molecule has 0 radical (unpaired) electrons. The zero-order valence-electron chi connectivity index (χ0n) is 13.7. The summed E-state index contributed by atoms with van der Waals surface area (Å²) in [6, 6.07) is 6.63. The number of ether oxygens (including phenoxy) is 1. The minimum absolute atomic E-state index is 0.0308. The van der Waals surface area contributed by atoms with Crippen LogP contribution in [0.5, 0.6) is 5.75 Å². The summed E-state index contributed by atoms with van der Waals surface area (Å²) in [5.41, 5.74) is 2.59. The topological polar surface area (TPSA) is 41.5 Å². The summed E-state index contributed by atoms with van der Waals surface area (Å²) in [4.78, 5) is 0. The van der Waals surface area contributed by atoms with Crippen molar-refractivity contribution in [2.45, 2.75) is 59.0 Å². The Morgan fingerprint density at radius 2 is 1.90 bits per heavy atom. The number of benzene rings is 1. The van der Waals surface area contributed by atoms with Crippen molar-refractivity contribution in [3.8, 4) is 5.75 Å². The lowest BCUT2D eigenvalue weighted by atomic mass is 9.86. The summed E-state index contributed by atoms with van der Waals surface area (Å²) in [6.45, 7) is 13.4. The normalized spacial score (nSPS) is 13.6. The molecule has 114 valence electrons. The fourth-order valence-corrected chi connectivity index (χ4v) is 2.09. The maximum Gasteiger partial charge on any atom is 0.122 e. The second-order valence-electron chi connectivity index (χ2n) is 6.74. The Balaban J connectivity index is 2.69.